The van der Waals surface area contributed by atoms with Gasteiger partial charge in [-0.3, -0.25) is 9.69 Å². The van der Waals surface area contributed by atoms with Crippen LogP contribution in [0.25, 0.3) is 0 Å². The second-order valence-corrected chi connectivity index (χ2v) is 7.03. The first-order chi connectivity index (χ1) is 12.0. The standard InChI is InChI=1S/C21H26N2O2/c1-15-6-8-17(9-7-15)13-23-11-10-19(14-23)22-21(25)16(2)18-4-3-5-20(24)12-18/h3-9,12,16,19,24H,10-11,13-14H2,1-2H3,(H,22,25). The van der Waals surface area contributed by atoms with E-state index in [1.165, 1.54) is 11.1 Å². The molecule has 0 aromatic heterocycles. The maximum absolute atomic E-state index is 12.5. The van der Waals surface area contributed by atoms with E-state index in [4.69, 9.17) is 0 Å². The highest BCUT2D eigenvalue weighted by molar-refractivity contribution is 5.83. The van der Waals surface area contributed by atoms with E-state index in [9.17, 15) is 9.90 Å². The second-order valence-electron chi connectivity index (χ2n) is 7.03. The van der Waals surface area contributed by atoms with Gasteiger partial charge in [-0.15, -0.1) is 0 Å². The van der Waals surface area contributed by atoms with Gasteiger partial charge in [-0.05, 0) is 43.5 Å². The van der Waals surface area contributed by atoms with Gasteiger partial charge in [-0.25, -0.2) is 0 Å². The minimum absolute atomic E-state index is 0.0211. The van der Waals surface area contributed by atoms with Crippen molar-refractivity contribution in [2.45, 2.75) is 38.8 Å². The van der Waals surface area contributed by atoms with Gasteiger partial charge in [0.05, 0.1) is 5.92 Å². The van der Waals surface area contributed by atoms with Crippen LogP contribution in [0.15, 0.2) is 48.5 Å². The maximum Gasteiger partial charge on any atom is 0.227 e. The van der Waals surface area contributed by atoms with Crippen LogP contribution in [0.4, 0.5) is 0 Å². The molecule has 3 rings (SSSR count). The highest BCUT2D eigenvalue weighted by Crippen LogP contribution is 2.21. The van der Waals surface area contributed by atoms with E-state index in [0.29, 0.717) is 0 Å². The Morgan fingerprint density at radius 3 is 2.76 bits per heavy atom. The lowest BCUT2D eigenvalue weighted by Crippen LogP contribution is -2.39. The van der Waals surface area contributed by atoms with Gasteiger partial charge >= 0.3 is 0 Å². The Labute approximate surface area is 149 Å². The molecule has 132 valence electrons. The molecular formula is C21H26N2O2. The van der Waals surface area contributed by atoms with Gasteiger partial charge in [0.2, 0.25) is 5.91 Å². The first-order valence-electron chi connectivity index (χ1n) is 8.88. The summed E-state index contributed by atoms with van der Waals surface area (Å²) in [6.07, 6.45) is 0.977. The van der Waals surface area contributed by atoms with Gasteiger partial charge in [-0.2, -0.15) is 0 Å². The molecule has 2 aromatic carbocycles. The zero-order chi connectivity index (χ0) is 17.8. The molecule has 0 aliphatic carbocycles. The van der Waals surface area contributed by atoms with Crippen molar-refractivity contribution < 1.29 is 9.90 Å². The number of rotatable bonds is 5. The van der Waals surface area contributed by atoms with Crippen LogP contribution in [0.5, 0.6) is 5.75 Å². The number of hydrogen-bond donors (Lipinski definition) is 2. The Morgan fingerprint density at radius 2 is 2.04 bits per heavy atom. The minimum atomic E-state index is -0.266. The van der Waals surface area contributed by atoms with Crippen LogP contribution in [0.2, 0.25) is 0 Å². The monoisotopic (exact) mass is 338 g/mol. The normalized spacial score (nSPS) is 18.9. The van der Waals surface area contributed by atoms with Crippen molar-refractivity contribution in [1.82, 2.24) is 10.2 Å². The number of likely N-dealkylation sites (tertiary alicyclic amines) is 1. The van der Waals surface area contributed by atoms with Crippen molar-refractivity contribution in [2.75, 3.05) is 13.1 Å². The number of hydrogen-bond acceptors (Lipinski definition) is 3. The Balaban J connectivity index is 1.52. The molecule has 4 nitrogen and oxygen atoms in total. The van der Waals surface area contributed by atoms with Gasteiger partial charge in [0.15, 0.2) is 0 Å². The smallest absolute Gasteiger partial charge is 0.227 e. The van der Waals surface area contributed by atoms with Gasteiger partial charge in [-0.1, -0.05) is 42.0 Å². The van der Waals surface area contributed by atoms with E-state index < -0.39 is 0 Å². The molecule has 2 aromatic rings. The molecule has 0 bridgehead atoms. The summed E-state index contributed by atoms with van der Waals surface area (Å²) >= 11 is 0. The number of nitrogens with one attached hydrogen (secondary N) is 1. The van der Waals surface area contributed by atoms with Crippen LogP contribution in [0.3, 0.4) is 0 Å². The molecule has 0 spiro atoms. The number of phenolic OH excluding ortho intramolecular Hbond substituents is 1. The van der Waals surface area contributed by atoms with E-state index in [-0.39, 0.29) is 23.6 Å². The number of phenols is 1. The molecule has 1 amide bonds. The van der Waals surface area contributed by atoms with Crippen LogP contribution in [-0.4, -0.2) is 35.0 Å². The summed E-state index contributed by atoms with van der Waals surface area (Å²) in [5, 5.41) is 12.7. The quantitative estimate of drug-likeness (QED) is 0.880. The van der Waals surface area contributed by atoms with Crippen molar-refractivity contribution in [3.8, 4) is 5.75 Å². The van der Waals surface area contributed by atoms with E-state index in [1.54, 1.807) is 18.2 Å². The summed E-state index contributed by atoms with van der Waals surface area (Å²) in [6.45, 7) is 6.78. The first kappa shape index (κ1) is 17.5. The molecule has 1 aliphatic heterocycles. The summed E-state index contributed by atoms with van der Waals surface area (Å²) in [5.74, 6) is -0.0478. The molecule has 4 heteroatoms. The number of carbonyl (C=O) groups excluding carboxylic acids is 1. The molecular weight excluding hydrogens is 312 g/mol. The zero-order valence-corrected chi connectivity index (χ0v) is 14.9. The fourth-order valence-electron chi connectivity index (χ4n) is 3.32. The average molecular weight is 338 g/mol. The molecule has 2 unspecified atom stereocenters. The number of aryl methyl sites for hydroxylation is 1. The molecule has 0 radical (unpaired) electrons. The summed E-state index contributed by atoms with van der Waals surface area (Å²) in [6, 6.07) is 15.7. The van der Waals surface area contributed by atoms with E-state index in [0.717, 1.165) is 31.6 Å². The summed E-state index contributed by atoms with van der Waals surface area (Å²) in [5.41, 5.74) is 3.42. The molecule has 1 aliphatic rings. The van der Waals surface area contributed by atoms with Crippen LogP contribution in [-0.2, 0) is 11.3 Å². The number of aromatic hydroxyl groups is 1. The third-order valence-electron chi connectivity index (χ3n) is 4.91. The second kappa shape index (κ2) is 7.70. The van der Waals surface area contributed by atoms with Gasteiger partial charge in [0.1, 0.15) is 5.75 Å². The molecule has 1 saturated heterocycles. The van der Waals surface area contributed by atoms with E-state index in [1.807, 2.05) is 13.0 Å². The topological polar surface area (TPSA) is 52.6 Å². The third kappa shape index (κ3) is 4.60. The molecule has 1 fully saturated rings. The van der Waals surface area contributed by atoms with Crippen molar-refractivity contribution in [3.63, 3.8) is 0 Å². The first-order valence-corrected chi connectivity index (χ1v) is 8.88. The van der Waals surface area contributed by atoms with Crippen LogP contribution in [0.1, 0.15) is 36.0 Å². The number of benzene rings is 2. The summed E-state index contributed by atoms with van der Waals surface area (Å²) in [4.78, 5) is 14.9. The molecule has 2 atom stereocenters. The zero-order valence-electron chi connectivity index (χ0n) is 14.9. The fraction of sp³-hybridized carbons (Fsp3) is 0.381. The predicted octanol–water partition coefficient (Wildman–Crippen LogP) is 3.19. The Morgan fingerprint density at radius 1 is 1.28 bits per heavy atom. The Hall–Kier alpha value is -2.33. The molecule has 2 N–H and O–H groups in total. The number of nitrogens with zero attached hydrogens (tertiary/aromatic N) is 1. The molecule has 0 saturated carbocycles. The minimum Gasteiger partial charge on any atom is -0.508 e. The lowest BCUT2D eigenvalue weighted by molar-refractivity contribution is -0.122. The van der Waals surface area contributed by atoms with Crippen LogP contribution in [0, 0.1) is 6.92 Å². The average Bonchev–Trinajstić information content (AvgIpc) is 3.03. The molecule has 25 heavy (non-hydrogen) atoms. The Kier molecular flexibility index (Phi) is 5.39. The van der Waals surface area contributed by atoms with Crippen molar-refractivity contribution >= 4 is 5.91 Å². The van der Waals surface area contributed by atoms with Gasteiger partial charge < -0.3 is 10.4 Å². The number of carbonyl (C=O) groups is 1. The van der Waals surface area contributed by atoms with E-state index in [2.05, 4.69) is 41.4 Å². The van der Waals surface area contributed by atoms with Crippen LogP contribution >= 0.6 is 0 Å². The van der Waals surface area contributed by atoms with Gasteiger partial charge in [0, 0.05) is 25.7 Å². The number of amides is 1. The maximum atomic E-state index is 12.5. The highest BCUT2D eigenvalue weighted by atomic mass is 16.3. The molecule has 1 heterocycles. The lowest BCUT2D eigenvalue weighted by Gasteiger charge is -2.19. The van der Waals surface area contributed by atoms with Crippen molar-refractivity contribution in [1.29, 1.82) is 0 Å². The van der Waals surface area contributed by atoms with Crippen molar-refractivity contribution in [3.05, 3.63) is 65.2 Å². The lowest BCUT2D eigenvalue weighted by atomic mass is 9.99. The Bertz CT molecular complexity index is 727. The van der Waals surface area contributed by atoms with E-state index >= 15 is 0 Å². The summed E-state index contributed by atoms with van der Waals surface area (Å²) in [7, 11) is 0. The SMILES string of the molecule is Cc1ccc(CN2CCC(NC(=O)C(C)c3cccc(O)c3)C2)cc1. The van der Waals surface area contributed by atoms with Gasteiger partial charge in [0.25, 0.3) is 0 Å². The largest absolute Gasteiger partial charge is 0.508 e. The highest BCUT2D eigenvalue weighted by Gasteiger charge is 2.26. The fourth-order valence-corrected chi connectivity index (χ4v) is 3.32. The third-order valence-corrected chi connectivity index (χ3v) is 4.91. The summed E-state index contributed by atoms with van der Waals surface area (Å²) < 4.78 is 0. The predicted molar refractivity (Wildman–Crippen MR) is 99.5 cm³/mol. The van der Waals surface area contributed by atoms with Crippen molar-refractivity contribution in [2.24, 2.45) is 0 Å². The van der Waals surface area contributed by atoms with Crippen LogP contribution < -0.4 is 5.32 Å².